The number of carboxylic acid groups (broad SMARTS) is 1. The lowest BCUT2D eigenvalue weighted by Crippen LogP contribution is -2.41. The molecule has 0 atom stereocenters. The van der Waals surface area contributed by atoms with E-state index in [2.05, 4.69) is 0 Å². The quantitative estimate of drug-likeness (QED) is 0.768. The van der Waals surface area contributed by atoms with E-state index in [4.69, 9.17) is 24.9 Å². The molecule has 0 unspecified atom stereocenters. The molecule has 0 saturated carbocycles. The van der Waals surface area contributed by atoms with Gasteiger partial charge in [-0.1, -0.05) is 12.1 Å². The lowest BCUT2D eigenvalue weighted by molar-refractivity contribution is -0.136. The molecule has 0 aliphatic carbocycles. The van der Waals surface area contributed by atoms with E-state index in [1.165, 1.54) is 0 Å². The molecule has 25 heavy (non-hydrogen) atoms. The molecule has 2 rings (SSSR count). The van der Waals surface area contributed by atoms with Gasteiger partial charge < -0.3 is 24.9 Å². The second kappa shape index (κ2) is 7.19. The van der Waals surface area contributed by atoms with Crippen LogP contribution in [0, 0.1) is 0 Å². The lowest BCUT2D eigenvalue weighted by Gasteiger charge is -2.32. The summed E-state index contributed by atoms with van der Waals surface area (Å²) in [5.41, 5.74) is 7.15. The first-order chi connectivity index (χ1) is 11.6. The van der Waals surface area contributed by atoms with Crippen LogP contribution in [0.2, 0.25) is 0 Å². The minimum Gasteiger partial charge on any atom is -0.497 e. The summed E-state index contributed by atoms with van der Waals surface area (Å²) in [6.07, 6.45) is 1.75. The van der Waals surface area contributed by atoms with E-state index in [1.54, 1.807) is 25.3 Å². The molecule has 0 spiro atoms. The van der Waals surface area contributed by atoms with Crippen LogP contribution in [0.4, 0.5) is 0 Å². The van der Waals surface area contributed by atoms with Gasteiger partial charge >= 0.3 is 13.1 Å². The van der Waals surface area contributed by atoms with Crippen LogP contribution >= 0.6 is 0 Å². The van der Waals surface area contributed by atoms with Gasteiger partial charge in [0.1, 0.15) is 5.75 Å². The van der Waals surface area contributed by atoms with E-state index in [1.807, 2.05) is 33.8 Å². The predicted molar refractivity (Wildman–Crippen MR) is 97.4 cm³/mol. The molecule has 3 N–H and O–H groups in total. The summed E-state index contributed by atoms with van der Waals surface area (Å²) < 4.78 is 17.3. The summed E-state index contributed by atoms with van der Waals surface area (Å²) in [5.74, 6) is -0.254. The summed E-state index contributed by atoms with van der Waals surface area (Å²) in [6, 6.07) is 5.28. The Morgan fingerprint density at radius 1 is 1.28 bits per heavy atom. The van der Waals surface area contributed by atoms with Gasteiger partial charge in [0, 0.05) is 6.54 Å². The molecule has 6 nitrogen and oxygen atoms in total. The van der Waals surface area contributed by atoms with Gasteiger partial charge in [-0.3, -0.25) is 4.79 Å². The second-order valence-corrected chi connectivity index (χ2v) is 7.15. The smallest absolute Gasteiger partial charge is 0.491 e. The van der Waals surface area contributed by atoms with Gasteiger partial charge in [0.15, 0.2) is 0 Å². The fourth-order valence-corrected chi connectivity index (χ4v) is 2.58. The maximum Gasteiger partial charge on any atom is 0.491 e. The van der Waals surface area contributed by atoms with E-state index in [9.17, 15) is 4.79 Å². The van der Waals surface area contributed by atoms with E-state index >= 15 is 0 Å². The number of rotatable bonds is 6. The molecule has 7 heteroatoms. The van der Waals surface area contributed by atoms with E-state index < -0.39 is 24.3 Å². The molecular weight excluding hydrogens is 321 g/mol. The first-order valence-corrected chi connectivity index (χ1v) is 8.24. The zero-order valence-corrected chi connectivity index (χ0v) is 15.5. The van der Waals surface area contributed by atoms with Gasteiger partial charge in [0.2, 0.25) is 0 Å². The molecule has 1 aliphatic rings. The van der Waals surface area contributed by atoms with Crippen LogP contribution in [0.3, 0.4) is 0 Å². The number of hydrogen-bond donors (Lipinski definition) is 2. The van der Waals surface area contributed by atoms with Gasteiger partial charge in [0.05, 0.1) is 24.7 Å². The molecule has 1 fully saturated rings. The Kier molecular flexibility index (Phi) is 5.61. The number of ether oxygens (including phenoxy) is 1. The zero-order chi connectivity index (χ0) is 18.8. The van der Waals surface area contributed by atoms with Crippen molar-refractivity contribution in [2.75, 3.05) is 13.7 Å². The van der Waals surface area contributed by atoms with E-state index in [-0.39, 0.29) is 13.0 Å². The number of carbonyl (C=O) groups is 1. The van der Waals surface area contributed by atoms with Crippen molar-refractivity contribution < 1.29 is 23.9 Å². The van der Waals surface area contributed by atoms with Crippen molar-refractivity contribution in [3.63, 3.8) is 0 Å². The Bertz CT molecular complexity index is 668. The summed E-state index contributed by atoms with van der Waals surface area (Å²) >= 11 is 0. The van der Waals surface area contributed by atoms with Crippen LogP contribution in [0.1, 0.15) is 38.8 Å². The van der Waals surface area contributed by atoms with Gasteiger partial charge in [-0.25, -0.2) is 0 Å². The highest BCUT2D eigenvalue weighted by Crippen LogP contribution is 2.38. The molecule has 1 aromatic rings. The lowest BCUT2D eigenvalue weighted by atomic mass is 9.76. The van der Waals surface area contributed by atoms with Crippen LogP contribution in [0.15, 0.2) is 23.7 Å². The monoisotopic (exact) mass is 347 g/mol. The third-order valence-corrected chi connectivity index (χ3v) is 4.83. The van der Waals surface area contributed by atoms with Crippen LogP contribution < -0.4 is 10.5 Å². The maximum absolute atomic E-state index is 11.1. The zero-order valence-electron chi connectivity index (χ0n) is 15.5. The summed E-state index contributed by atoms with van der Waals surface area (Å²) in [5, 5.41) is 9.13. The van der Waals surface area contributed by atoms with E-state index in [0.29, 0.717) is 11.3 Å². The Morgan fingerprint density at radius 3 is 2.36 bits per heavy atom. The van der Waals surface area contributed by atoms with Crippen LogP contribution in [-0.2, 0) is 20.5 Å². The number of carboxylic acids is 1. The van der Waals surface area contributed by atoms with Crippen molar-refractivity contribution in [3.8, 4) is 5.75 Å². The topological polar surface area (TPSA) is 91.0 Å². The molecular formula is C18H26BNO5. The largest absolute Gasteiger partial charge is 0.497 e. The van der Waals surface area contributed by atoms with Crippen molar-refractivity contribution in [2.45, 2.75) is 45.3 Å². The second-order valence-electron chi connectivity index (χ2n) is 7.15. The van der Waals surface area contributed by atoms with Gasteiger partial charge in [0.25, 0.3) is 0 Å². The van der Waals surface area contributed by atoms with E-state index in [0.717, 1.165) is 11.0 Å². The Balaban J connectivity index is 2.41. The Morgan fingerprint density at radius 2 is 1.88 bits per heavy atom. The summed E-state index contributed by atoms with van der Waals surface area (Å²) in [4.78, 5) is 11.1. The predicted octanol–water partition coefficient (Wildman–Crippen LogP) is 2.30. The van der Waals surface area contributed by atoms with Gasteiger partial charge in [-0.2, -0.15) is 0 Å². The Hall–Kier alpha value is -1.83. The van der Waals surface area contributed by atoms with Crippen LogP contribution in [0.25, 0.3) is 6.08 Å². The molecule has 0 aromatic heterocycles. The van der Waals surface area contributed by atoms with Crippen molar-refractivity contribution in [1.82, 2.24) is 0 Å². The fourth-order valence-electron chi connectivity index (χ4n) is 2.58. The first-order valence-electron chi connectivity index (χ1n) is 8.24. The van der Waals surface area contributed by atoms with Gasteiger partial charge in [-0.05, 0) is 56.4 Å². The first kappa shape index (κ1) is 19.5. The van der Waals surface area contributed by atoms with Crippen molar-refractivity contribution in [1.29, 1.82) is 0 Å². The number of benzene rings is 1. The molecule has 1 aromatic carbocycles. The summed E-state index contributed by atoms with van der Waals surface area (Å²) in [7, 11) is 0.997. The molecule has 1 saturated heterocycles. The maximum atomic E-state index is 11.1. The third-order valence-electron chi connectivity index (χ3n) is 4.83. The minimum atomic E-state index is -0.898. The minimum absolute atomic E-state index is 0.0863. The normalized spacial score (nSPS) is 19.1. The standard InChI is InChI=1S/C18H26BNO5/c1-17(2)18(3,4)25-19(24-17)14(11-20)8-13-9-15(23-5)7-6-12(13)10-16(21)22/h6-9H,10-11,20H2,1-5H3,(H,21,22). The molecule has 136 valence electrons. The average molecular weight is 347 g/mol. The fraction of sp³-hybridized carbons (Fsp3) is 0.500. The number of hydrogen-bond acceptors (Lipinski definition) is 5. The highest BCUT2D eigenvalue weighted by atomic mass is 16.7. The van der Waals surface area contributed by atoms with Gasteiger partial charge in [-0.15, -0.1) is 0 Å². The third kappa shape index (κ3) is 4.23. The number of nitrogens with two attached hydrogens (primary N) is 1. The van der Waals surface area contributed by atoms with Crippen LogP contribution in [-0.4, -0.2) is 43.1 Å². The van der Waals surface area contributed by atoms with Crippen molar-refractivity contribution >= 4 is 19.2 Å². The number of aliphatic carboxylic acids is 1. The highest BCUT2D eigenvalue weighted by molar-refractivity contribution is 6.55. The SMILES string of the molecule is COc1ccc(CC(=O)O)c(C=C(CN)B2OC(C)(C)C(C)(C)O2)c1. The molecule has 0 radical (unpaired) electrons. The average Bonchev–Trinajstić information content (AvgIpc) is 2.73. The van der Waals surface area contributed by atoms with Crippen LogP contribution in [0.5, 0.6) is 5.75 Å². The Labute approximate surface area is 149 Å². The summed E-state index contributed by atoms with van der Waals surface area (Å²) in [6.45, 7) is 8.14. The molecule has 1 heterocycles. The molecule has 0 bridgehead atoms. The van der Waals surface area contributed by atoms with Crippen molar-refractivity contribution in [3.05, 3.63) is 34.8 Å². The molecule has 0 amide bonds. The van der Waals surface area contributed by atoms with Crippen molar-refractivity contribution in [2.24, 2.45) is 5.73 Å². The molecule has 1 aliphatic heterocycles. The highest BCUT2D eigenvalue weighted by Gasteiger charge is 2.52. The number of methoxy groups -OCH3 is 1.